The van der Waals surface area contributed by atoms with Gasteiger partial charge in [0.05, 0.1) is 12.6 Å². The number of rotatable bonds is 2. The van der Waals surface area contributed by atoms with Gasteiger partial charge in [0.15, 0.2) is 0 Å². The molecule has 1 unspecified atom stereocenters. The Morgan fingerprint density at radius 1 is 1.50 bits per heavy atom. The molecule has 9 heteroatoms. The molecule has 20 heavy (non-hydrogen) atoms. The molecule has 2 heterocycles. The van der Waals surface area contributed by atoms with Crippen molar-refractivity contribution in [3.8, 4) is 0 Å². The number of imidazole rings is 1. The molecular weight excluding hydrogens is 274 g/mol. The smallest absolute Gasteiger partial charge is 0.392 e. The lowest BCUT2D eigenvalue weighted by atomic mass is 9.95. The van der Waals surface area contributed by atoms with E-state index in [0.29, 0.717) is 5.69 Å². The first-order valence-corrected chi connectivity index (χ1v) is 5.76. The van der Waals surface area contributed by atoms with E-state index in [1.54, 1.807) is 6.92 Å². The third-order valence-electron chi connectivity index (χ3n) is 2.83. The number of alkyl halides is 3. The van der Waals surface area contributed by atoms with Crippen LogP contribution in [0.5, 0.6) is 0 Å². The van der Waals surface area contributed by atoms with Crippen LogP contribution in [0.1, 0.15) is 18.3 Å². The van der Waals surface area contributed by atoms with Crippen LogP contribution in [0.3, 0.4) is 0 Å². The number of halogens is 3. The zero-order chi connectivity index (χ0) is 15.2. The van der Waals surface area contributed by atoms with Crippen LogP contribution in [0, 0.1) is 6.92 Å². The van der Waals surface area contributed by atoms with Crippen LogP contribution in [0.2, 0.25) is 0 Å². The van der Waals surface area contributed by atoms with Crippen LogP contribution in [0.25, 0.3) is 5.78 Å². The van der Waals surface area contributed by atoms with Crippen molar-refractivity contribution in [3.05, 3.63) is 27.9 Å². The van der Waals surface area contributed by atoms with E-state index < -0.39 is 29.0 Å². The third kappa shape index (κ3) is 2.33. The van der Waals surface area contributed by atoms with Gasteiger partial charge in [-0.3, -0.25) is 9.20 Å². The van der Waals surface area contributed by atoms with Crippen molar-refractivity contribution in [2.24, 2.45) is 0 Å². The molecule has 2 radical (unpaired) electrons. The Kier molecular flexibility index (Phi) is 3.41. The minimum absolute atomic E-state index is 0.0238. The van der Waals surface area contributed by atoms with Crippen LogP contribution >= 0.6 is 0 Å². The van der Waals surface area contributed by atoms with Crippen molar-refractivity contribution in [2.75, 3.05) is 0 Å². The summed E-state index contributed by atoms with van der Waals surface area (Å²) in [5.41, 5.74) is -2.83. The Labute approximate surface area is 113 Å². The Morgan fingerprint density at radius 3 is 2.60 bits per heavy atom. The second kappa shape index (κ2) is 4.66. The van der Waals surface area contributed by atoms with Gasteiger partial charge in [0.1, 0.15) is 13.5 Å². The maximum absolute atomic E-state index is 12.8. The maximum Gasteiger partial charge on any atom is 0.433 e. The zero-order valence-corrected chi connectivity index (χ0v) is 10.8. The highest BCUT2D eigenvalue weighted by molar-refractivity contribution is 6.32. The van der Waals surface area contributed by atoms with Crippen molar-refractivity contribution < 1.29 is 18.3 Å². The van der Waals surface area contributed by atoms with E-state index in [1.165, 1.54) is 17.7 Å². The molecule has 1 N–H and O–H groups in total. The Bertz CT molecular complexity index is 718. The predicted octanol–water partition coefficient (Wildman–Crippen LogP) is -0.00218. The number of hydrogen-bond donors (Lipinski definition) is 1. The molecule has 0 aliphatic heterocycles. The summed E-state index contributed by atoms with van der Waals surface area (Å²) >= 11 is 0. The molecule has 0 aromatic carbocycles. The van der Waals surface area contributed by atoms with E-state index >= 15 is 0 Å². The lowest BCUT2D eigenvalue weighted by Crippen LogP contribution is -2.38. The highest BCUT2D eigenvalue weighted by atomic mass is 19.4. The van der Waals surface area contributed by atoms with Gasteiger partial charge in [-0.1, -0.05) is 0 Å². The highest BCUT2D eigenvalue weighted by Gasteiger charge is 2.36. The number of aromatic nitrogens is 3. The highest BCUT2D eigenvalue weighted by Crippen LogP contribution is 2.25. The summed E-state index contributed by atoms with van der Waals surface area (Å²) in [7, 11) is 5.22. The van der Waals surface area contributed by atoms with Crippen molar-refractivity contribution >= 4 is 19.1 Å². The van der Waals surface area contributed by atoms with Crippen LogP contribution in [-0.2, 0) is 12.7 Å². The number of aliphatic hydroxyl groups is 1. The molecule has 0 bridgehead atoms. The lowest BCUT2D eigenvalue weighted by molar-refractivity contribution is -0.140. The maximum atomic E-state index is 12.8. The van der Waals surface area contributed by atoms with Gasteiger partial charge in [0, 0.05) is 11.9 Å². The normalized spacial score (nSPS) is 13.9. The molecule has 0 aliphatic rings. The first-order chi connectivity index (χ1) is 9.12. The van der Waals surface area contributed by atoms with E-state index in [0.717, 1.165) is 4.40 Å². The second-order valence-electron chi connectivity index (χ2n) is 4.58. The van der Waals surface area contributed by atoms with Gasteiger partial charge >= 0.3 is 6.18 Å². The Hall–Kier alpha value is -1.77. The monoisotopic (exact) mass is 285 g/mol. The van der Waals surface area contributed by atoms with Crippen LogP contribution in [0.4, 0.5) is 13.2 Å². The van der Waals surface area contributed by atoms with E-state index in [1.807, 2.05) is 0 Å². The minimum atomic E-state index is -4.81. The largest absolute Gasteiger partial charge is 0.433 e. The fraction of sp³-hybridized carbons (Fsp3) is 0.455. The van der Waals surface area contributed by atoms with Gasteiger partial charge in [0.25, 0.3) is 5.56 Å². The predicted molar refractivity (Wildman–Crippen MR) is 66.3 cm³/mol. The number of hydrogen-bond acceptors (Lipinski definition) is 3. The van der Waals surface area contributed by atoms with Gasteiger partial charge in [0.2, 0.25) is 5.78 Å². The standard InChI is InChI=1S/C11H11BF3N3O2/c1-5-3-18-9(20)7(12)8(11(13,14)15)16-10(18)17(5)4-6(2)19/h3,6,19H,4H2,1-2H3. The lowest BCUT2D eigenvalue weighted by Gasteiger charge is -2.12. The van der Waals surface area contributed by atoms with Crippen molar-refractivity contribution in [3.63, 3.8) is 0 Å². The molecule has 2 aromatic heterocycles. The summed E-state index contributed by atoms with van der Waals surface area (Å²) in [4.78, 5) is 15.3. The van der Waals surface area contributed by atoms with E-state index in [4.69, 9.17) is 7.85 Å². The first kappa shape index (κ1) is 14.6. The summed E-state index contributed by atoms with van der Waals surface area (Å²) in [6.45, 7) is 3.10. The second-order valence-corrected chi connectivity index (χ2v) is 4.58. The number of aryl methyl sites for hydroxylation is 1. The molecule has 106 valence electrons. The SMILES string of the molecule is [B]c1c(C(F)(F)F)nc2n(CC(C)O)c(C)cn2c1=O. The van der Waals surface area contributed by atoms with Gasteiger partial charge in [-0.2, -0.15) is 13.2 Å². The average molecular weight is 285 g/mol. The van der Waals surface area contributed by atoms with Crippen LogP contribution in [0.15, 0.2) is 11.0 Å². The molecule has 0 amide bonds. The van der Waals surface area contributed by atoms with E-state index in [2.05, 4.69) is 4.98 Å². The van der Waals surface area contributed by atoms with Gasteiger partial charge in [-0.05, 0) is 19.3 Å². The van der Waals surface area contributed by atoms with Crippen molar-refractivity contribution in [1.29, 1.82) is 0 Å². The fourth-order valence-electron chi connectivity index (χ4n) is 1.96. The molecule has 0 saturated carbocycles. The van der Waals surface area contributed by atoms with E-state index in [9.17, 15) is 23.1 Å². The molecule has 0 aliphatic carbocycles. The Morgan fingerprint density at radius 2 is 2.10 bits per heavy atom. The Balaban J connectivity index is 2.83. The number of fused-ring (bicyclic) bond motifs is 1. The number of nitrogens with zero attached hydrogens (tertiary/aromatic N) is 3. The zero-order valence-electron chi connectivity index (χ0n) is 10.8. The fourth-order valence-corrected chi connectivity index (χ4v) is 1.96. The minimum Gasteiger partial charge on any atom is -0.392 e. The van der Waals surface area contributed by atoms with Crippen molar-refractivity contribution in [1.82, 2.24) is 14.0 Å². The molecule has 0 saturated heterocycles. The molecule has 2 aromatic rings. The van der Waals surface area contributed by atoms with Crippen molar-refractivity contribution in [2.45, 2.75) is 32.7 Å². The summed E-state index contributed by atoms with van der Waals surface area (Å²) in [6.07, 6.45) is -4.27. The molecule has 5 nitrogen and oxygen atoms in total. The summed E-state index contributed by atoms with van der Waals surface area (Å²) in [5.74, 6) is -0.199. The molecule has 0 spiro atoms. The summed E-state index contributed by atoms with van der Waals surface area (Å²) in [5, 5.41) is 9.38. The topological polar surface area (TPSA) is 59.5 Å². The van der Waals surface area contributed by atoms with Gasteiger partial charge in [-0.25, -0.2) is 4.98 Å². The third-order valence-corrected chi connectivity index (χ3v) is 2.83. The molecule has 1 atom stereocenters. The molecule has 2 rings (SSSR count). The average Bonchev–Trinajstić information content (AvgIpc) is 2.59. The number of aliphatic hydroxyl groups excluding tert-OH is 1. The molecule has 0 fully saturated rings. The van der Waals surface area contributed by atoms with Gasteiger partial charge in [-0.15, -0.1) is 0 Å². The summed E-state index contributed by atoms with van der Waals surface area (Å²) in [6, 6.07) is 0. The molecular formula is C11H11BF3N3O2. The van der Waals surface area contributed by atoms with E-state index in [-0.39, 0.29) is 12.3 Å². The van der Waals surface area contributed by atoms with Crippen LogP contribution in [-0.4, -0.2) is 33.0 Å². The summed E-state index contributed by atoms with van der Waals surface area (Å²) < 4.78 is 40.7. The quantitative estimate of drug-likeness (QED) is 0.790. The van der Waals surface area contributed by atoms with Crippen LogP contribution < -0.4 is 11.0 Å². The van der Waals surface area contributed by atoms with Gasteiger partial charge < -0.3 is 9.67 Å². The first-order valence-electron chi connectivity index (χ1n) is 5.76.